The quantitative estimate of drug-likeness (QED) is 0.601. The van der Waals surface area contributed by atoms with E-state index < -0.39 is 12.1 Å². The Morgan fingerprint density at radius 3 is 2.39 bits per heavy atom. The van der Waals surface area contributed by atoms with Crippen molar-refractivity contribution in [1.29, 1.82) is 0 Å². The average Bonchev–Trinajstić information content (AvgIpc) is 2.79. The fraction of sp³-hybridized carbons (Fsp3) is 0.348. The van der Waals surface area contributed by atoms with Crippen LogP contribution in [0.25, 0.3) is 10.9 Å². The zero-order valence-electron chi connectivity index (χ0n) is 17.9. The Bertz CT molecular complexity index is 1110. The summed E-state index contributed by atoms with van der Waals surface area (Å²) in [6, 6.07) is 9.44. The van der Waals surface area contributed by atoms with Gasteiger partial charge in [-0.05, 0) is 38.5 Å². The highest BCUT2D eigenvalue weighted by atomic mass is 16.5. The number of aromatic nitrogens is 3. The Morgan fingerprint density at radius 2 is 1.68 bits per heavy atom. The number of carbonyl (C=O) groups excluding carboxylic acids is 2. The minimum absolute atomic E-state index is 0.203. The molecule has 1 aliphatic rings. The summed E-state index contributed by atoms with van der Waals surface area (Å²) < 4.78 is 5.57. The molecule has 1 saturated heterocycles. The largest absolute Gasteiger partial charge is 0.449 e. The minimum atomic E-state index is -0.878. The van der Waals surface area contributed by atoms with Crippen LogP contribution in [0.15, 0.2) is 42.7 Å². The lowest BCUT2D eigenvalue weighted by atomic mass is 10.0. The van der Waals surface area contributed by atoms with E-state index in [0.29, 0.717) is 43.4 Å². The highest BCUT2D eigenvalue weighted by Gasteiger charge is 2.29. The summed E-state index contributed by atoms with van der Waals surface area (Å²) in [6.07, 6.45) is 2.53. The molecule has 4 rings (SSSR count). The number of aryl methyl sites for hydroxylation is 2. The number of hydrogen-bond donors (Lipinski definition) is 0. The van der Waals surface area contributed by atoms with Crippen molar-refractivity contribution < 1.29 is 14.3 Å². The van der Waals surface area contributed by atoms with E-state index >= 15 is 0 Å². The van der Waals surface area contributed by atoms with E-state index in [9.17, 15) is 9.59 Å². The summed E-state index contributed by atoms with van der Waals surface area (Å²) in [6.45, 7) is 7.58. The molecule has 8 heteroatoms. The van der Waals surface area contributed by atoms with Crippen LogP contribution in [0.4, 0.5) is 5.95 Å². The van der Waals surface area contributed by atoms with Gasteiger partial charge in [-0.15, -0.1) is 0 Å². The van der Waals surface area contributed by atoms with E-state index in [1.165, 1.54) is 0 Å². The summed E-state index contributed by atoms with van der Waals surface area (Å²) in [7, 11) is 0. The van der Waals surface area contributed by atoms with Gasteiger partial charge in [0.25, 0.3) is 5.91 Å². The van der Waals surface area contributed by atoms with Crippen molar-refractivity contribution in [3.63, 3.8) is 0 Å². The van der Waals surface area contributed by atoms with Crippen molar-refractivity contribution in [1.82, 2.24) is 19.9 Å². The van der Waals surface area contributed by atoms with Crippen LogP contribution >= 0.6 is 0 Å². The number of amides is 1. The lowest BCUT2D eigenvalue weighted by molar-refractivity contribution is -0.140. The molecular formula is C23H25N5O3. The fourth-order valence-corrected chi connectivity index (χ4v) is 3.94. The van der Waals surface area contributed by atoms with Crippen molar-refractivity contribution in [2.45, 2.75) is 26.9 Å². The predicted molar refractivity (Wildman–Crippen MR) is 117 cm³/mol. The molecule has 1 aromatic carbocycles. The first-order chi connectivity index (χ1) is 15.0. The molecule has 1 atom stereocenters. The molecule has 3 heterocycles. The molecule has 1 unspecified atom stereocenters. The third-order valence-corrected chi connectivity index (χ3v) is 5.60. The second-order valence-electron chi connectivity index (χ2n) is 7.62. The number of carbonyl (C=O) groups is 2. The summed E-state index contributed by atoms with van der Waals surface area (Å²) in [5.74, 6) is -0.0692. The number of piperazine rings is 1. The van der Waals surface area contributed by atoms with Crippen LogP contribution in [0.2, 0.25) is 0 Å². The molecule has 0 spiro atoms. The highest BCUT2D eigenvalue weighted by Crippen LogP contribution is 2.23. The van der Waals surface area contributed by atoms with Gasteiger partial charge in [-0.2, -0.15) is 0 Å². The van der Waals surface area contributed by atoms with E-state index in [2.05, 4.69) is 15.0 Å². The summed E-state index contributed by atoms with van der Waals surface area (Å²) >= 11 is 0. The first-order valence-electron chi connectivity index (χ1n) is 10.3. The van der Waals surface area contributed by atoms with Gasteiger partial charge in [0.05, 0.1) is 16.8 Å². The smallest absolute Gasteiger partial charge is 0.341 e. The Labute approximate surface area is 180 Å². The maximum absolute atomic E-state index is 12.9. The number of pyridine rings is 1. The van der Waals surface area contributed by atoms with Gasteiger partial charge in [0.1, 0.15) is 0 Å². The predicted octanol–water partition coefficient (Wildman–Crippen LogP) is 2.54. The van der Waals surface area contributed by atoms with Gasteiger partial charge in [0.15, 0.2) is 6.10 Å². The second kappa shape index (κ2) is 8.67. The third-order valence-electron chi connectivity index (χ3n) is 5.60. The van der Waals surface area contributed by atoms with Crippen LogP contribution in [-0.4, -0.2) is 64.0 Å². The standard InChI is InChI=1S/C23H25N5O3/c1-15-18-7-4-5-8-19(18)26-16(2)20(15)22(30)31-17(3)21(29)27-11-13-28(14-12-27)23-24-9-6-10-25-23/h4-10,17H,11-14H2,1-3H3. The van der Waals surface area contributed by atoms with E-state index in [4.69, 9.17) is 4.74 Å². The van der Waals surface area contributed by atoms with Gasteiger partial charge in [0.2, 0.25) is 5.95 Å². The summed E-state index contributed by atoms with van der Waals surface area (Å²) in [4.78, 5) is 42.6. The van der Waals surface area contributed by atoms with Gasteiger partial charge >= 0.3 is 5.97 Å². The molecule has 1 aliphatic heterocycles. The van der Waals surface area contributed by atoms with E-state index in [-0.39, 0.29) is 5.91 Å². The number of hydrogen-bond acceptors (Lipinski definition) is 7. The Balaban J connectivity index is 1.42. The fourth-order valence-electron chi connectivity index (χ4n) is 3.94. The molecular weight excluding hydrogens is 394 g/mol. The first kappa shape index (κ1) is 20.7. The lowest BCUT2D eigenvalue weighted by Gasteiger charge is -2.35. The molecule has 0 N–H and O–H groups in total. The average molecular weight is 419 g/mol. The van der Waals surface area contributed by atoms with Gasteiger partial charge in [-0.25, -0.2) is 14.8 Å². The van der Waals surface area contributed by atoms with Crippen LogP contribution in [0.5, 0.6) is 0 Å². The van der Waals surface area contributed by atoms with Crippen molar-refractivity contribution in [3.8, 4) is 0 Å². The second-order valence-corrected chi connectivity index (χ2v) is 7.62. The molecule has 0 aliphatic carbocycles. The van der Waals surface area contributed by atoms with E-state index in [1.807, 2.05) is 36.1 Å². The number of rotatable bonds is 4. The van der Waals surface area contributed by atoms with Gasteiger partial charge in [-0.1, -0.05) is 18.2 Å². The molecule has 1 amide bonds. The van der Waals surface area contributed by atoms with Crippen LogP contribution in [-0.2, 0) is 9.53 Å². The van der Waals surface area contributed by atoms with E-state index in [1.54, 1.807) is 37.2 Å². The number of ether oxygens (including phenoxy) is 1. The Morgan fingerprint density at radius 1 is 1.00 bits per heavy atom. The van der Waals surface area contributed by atoms with Gasteiger partial charge in [-0.3, -0.25) is 9.78 Å². The first-order valence-corrected chi connectivity index (χ1v) is 10.3. The number of benzene rings is 1. The molecule has 0 saturated carbocycles. The minimum Gasteiger partial charge on any atom is -0.449 e. The van der Waals surface area contributed by atoms with Crippen molar-refractivity contribution >= 4 is 28.7 Å². The molecule has 2 aromatic heterocycles. The summed E-state index contributed by atoms with van der Waals surface area (Å²) in [5.41, 5.74) is 2.66. The van der Waals surface area contributed by atoms with Crippen LogP contribution in [0.1, 0.15) is 28.5 Å². The topological polar surface area (TPSA) is 88.5 Å². The maximum Gasteiger partial charge on any atom is 0.341 e. The number of anilines is 1. The zero-order valence-corrected chi connectivity index (χ0v) is 17.9. The molecule has 8 nitrogen and oxygen atoms in total. The molecule has 160 valence electrons. The molecule has 1 fully saturated rings. The van der Waals surface area contributed by atoms with Crippen LogP contribution < -0.4 is 4.90 Å². The normalized spacial score (nSPS) is 15.1. The van der Waals surface area contributed by atoms with Crippen LogP contribution in [0, 0.1) is 13.8 Å². The van der Waals surface area contributed by atoms with Gasteiger partial charge < -0.3 is 14.5 Å². The van der Waals surface area contributed by atoms with E-state index in [0.717, 1.165) is 16.5 Å². The molecule has 0 radical (unpaired) electrons. The number of fused-ring (bicyclic) bond motifs is 1. The SMILES string of the molecule is Cc1nc2ccccc2c(C)c1C(=O)OC(C)C(=O)N1CCN(c2ncccn2)CC1. The lowest BCUT2D eigenvalue weighted by Crippen LogP contribution is -2.52. The Kier molecular flexibility index (Phi) is 5.79. The summed E-state index contributed by atoms with van der Waals surface area (Å²) in [5, 5.41) is 0.901. The van der Waals surface area contributed by atoms with Gasteiger partial charge in [0, 0.05) is 44.0 Å². The maximum atomic E-state index is 12.9. The molecule has 3 aromatic rings. The molecule has 0 bridgehead atoms. The van der Waals surface area contributed by atoms with Crippen molar-refractivity contribution in [2.75, 3.05) is 31.1 Å². The molecule has 31 heavy (non-hydrogen) atoms. The zero-order chi connectivity index (χ0) is 22.0. The monoisotopic (exact) mass is 419 g/mol. The van der Waals surface area contributed by atoms with Crippen molar-refractivity contribution in [2.24, 2.45) is 0 Å². The highest BCUT2D eigenvalue weighted by molar-refractivity contribution is 5.99. The third kappa shape index (κ3) is 4.19. The Hall–Kier alpha value is -3.55. The number of nitrogens with zero attached hydrogens (tertiary/aromatic N) is 5. The van der Waals surface area contributed by atoms with Crippen molar-refractivity contribution in [3.05, 3.63) is 59.5 Å². The van der Waals surface area contributed by atoms with Crippen LogP contribution in [0.3, 0.4) is 0 Å². The number of esters is 1. The number of para-hydroxylation sites is 1.